The molecule has 3 atom stereocenters. The Balaban J connectivity index is 2.09. The molecule has 2 saturated heterocycles. The predicted octanol–water partition coefficient (Wildman–Crippen LogP) is -0.872. The number of nitrogens with one attached hydrogen (secondary N) is 1. The molecule has 0 aromatic carbocycles. The first-order valence-corrected chi connectivity index (χ1v) is 5.29. The van der Waals surface area contributed by atoms with Crippen LogP contribution in [0.2, 0.25) is 0 Å². The maximum atomic E-state index is 11.3. The van der Waals surface area contributed by atoms with Crippen molar-refractivity contribution < 1.29 is 19.1 Å². The summed E-state index contributed by atoms with van der Waals surface area (Å²) in [4.78, 5) is 22.5. The topological polar surface area (TPSA) is 90.6 Å². The largest absolute Gasteiger partial charge is 0.368 e. The number of hydrogen-bond donors (Lipinski definition) is 2. The van der Waals surface area contributed by atoms with Crippen molar-refractivity contribution >= 4 is 11.8 Å². The van der Waals surface area contributed by atoms with E-state index in [2.05, 4.69) is 5.32 Å². The van der Waals surface area contributed by atoms with Gasteiger partial charge >= 0.3 is 0 Å². The molecule has 0 aromatic rings. The van der Waals surface area contributed by atoms with Crippen LogP contribution in [-0.2, 0) is 19.1 Å². The third-order valence-corrected chi connectivity index (χ3v) is 2.98. The first-order valence-electron chi connectivity index (χ1n) is 5.29. The Labute approximate surface area is 93.5 Å². The molecule has 2 aliphatic rings. The van der Waals surface area contributed by atoms with Gasteiger partial charge in [-0.1, -0.05) is 0 Å². The van der Waals surface area contributed by atoms with Gasteiger partial charge in [-0.15, -0.1) is 0 Å². The summed E-state index contributed by atoms with van der Waals surface area (Å²) >= 11 is 0. The van der Waals surface area contributed by atoms with E-state index in [-0.39, 0.29) is 24.3 Å². The van der Waals surface area contributed by atoms with Crippen molar-refractivity contribution in [3.8, 4) is 0 Å². The van der Waals surface area contributed by atoms with Gasteiger partial charge in [-0.05, 0) is 13.8 Å². The highest BCUT2D eigenvalue weighted by Crippen LogP contribution is 2.32. The van der Waals surface area contributed by atoms with Crippen LogP contribution in [0.4, 0.5) is 0 Å². The van der Waals surface area contributed by atoms with E-state index in [0.29, 0.717) is 6.61 Å². The highest BCUT2D eigenvalue weighted by Gasteiger charge is 2.46. The van der Waals surface area contributed by atoms with E-state index in [0.717, 1.165) is 0 Å². The number of rotatable bonds is 2. The normalized spacial score (nSPS) is 37.4. The van der Waals surface area contributed by atoms with Crippen molar-refractivity contribution in [3.63, 3.8) is 0 Å². The Bertz CT molecular complexity index is 329. The summed E-state index contributed by atoms with van der Waals surface area (Å²) in [5.74, 6) is -1.57. The Morgan fingerprint density at radius 1 is 1.56 bits per heavy atom. The van der Waals surface area contributed by atoms with Crippen LogP contribution < -0.4 is 11.1 Å². The minimum Gasteiger partial charge on any atom is -0.368 e. The van der Waals surface area contributed by atoms with Crippen molar-refractivity contribution in [1.29, 1.82) is 0 Å². The van der Waals surface area contributed by atoms with Gasteiger partial charge in [0.15, 0.2) is 5.79 Å². The number of nitrogens with two attached hydrogens (primary N) is 1. The van der Waals surface area contributed by atoms with Gasteiger partial charge in [0, 0.05) is 12.3 Å². The maximum absolute atomic E-state index is 11.3. The predicted molar refractivity (Wildman–Crippen MR) is 54.1 cm³/mol. The number of ether oxygens (including phenoxy) is 2. The molecular formula is C10H16N2O4. The molecule has 0 aromatic heterocycles. The Hall–Kier alpha value is -1.14. The van der Waals surface area contributed by atoms with Crippen LogP contribution in [-0.4, -0.2) is 36.4 Å². The summed E-state index contributed by atoms with van der Waals surface area (Å²) in [5, 5.41) is 2.56. The second kappa shape index (κ2) is 3.71. The quantitative estimate of drug-likeness (QED) is 0.642. The number of carbonyl (C=O) groups is 2. The molecule has 0 bridgehead atoms. The van der Waals surface area contributed by atoms with Crippen molar-refractivity contribution in [2.45, 2.75) is 38.2 Å². The van der Waals surface area contributed by atoms with Crippen LogP contribution >= 0.6 is 0 Å². The van der Waals surface area contributed by atoms with E-state index < -0.39 is 17.7 Å². The second-order valence-corrected chi connectivity index (χ2v) is 4.68. The molecule has 6 nitrogen and oxygen atoms in total. The first-order chi connectivity index (χ1) is 7.39. The van der Waals surface area contributed by atoms with Crippen LogP contribution in [0.15, 0.2) is 0 Å². The molecule has 0 saturated carbocycles. The summed E-state index contributed by atoms with van der Waals surface area (Å²) in [6, 6.07) is -0.644. The fourth-order valence-electron chi connectivity index (χ4n) is 2.23. The van der Waals surface area contributed by atoms with Crippen LogP contribution in [0.25, 0.3) is 0 Å². The lowest BCUT2D eigenvalue weighted by molar-refractivity contribution is -0.147. The SMILES string of the molecule is CC1(C)OC[C@H]([C@H]2CC(=O)N[C@H]2C(N)=O)O1. The van der Waals surface area contributed by atoms with Crippen molar-refractivity contribution in [2.75, 3.05) is 6.61 Å². The van der Waals surface area contributed by atoms with Gasteiger partial charge < -0.3 is 20.5 Å². The summed E-state index contributed by atoms with van der Waals surface area (Å²) in [5.41, 5.74) is 5.24. The molecule has 2 aliphatic heterocycles. The molecule has 0 aliphatic carbocycles. The molecule has 0 unspecified atom stereocenters. The molecule has 2 heterocycles. The maximum Gasteiger partial charge on any atom is 0.240 e. The zero-order valence-electron chi connectivity index (χ0n) is 9.36. The van der Waals surface area contributed by atoms with Gasteiger partial charge in [0.2, 0.25) is 11.8 Å². The number of carbonyl (C=O) groups excluding carboxylic acids is 2. The summed E-state index contributed by atoms with van der Waals surface area (Å²) in [6.45, 7) is 3.99. The van der Waals surface area contributed by atoms with Crippen LogP contribution in [0, 0.1) is 5.92 Å². The molecule has 0 radical (unpaired) electrons. The zero-order chi connectivity index (χ0) is 11.9. The van der Waals surface area contributed by atoms with E-state index in [4.69, 9.17) is 15.2 Å². The number of primary amides is 1. The average Bonchev–Trinajstić information content (AvgIpc) is 2.68. The van der Waals surface area contributed by atoms with Crippen molar-refractivity contribution in [1.82, 2.24) is 5.32 Å². The highest BCUT2D eigenvalue weighted by molar-refractivity contribution is 5.90. The minimum absolute atomic E-state index is 0.165. The Morgan fingerprint density at radius 2 is 2.25 bits per heavy atom. The lowest BCUT2D eigenvalue weighted by Gasteiger charge is -2.22. The highest BCUT2D eigenvalue weighted by atomic mass is 16.7. The smallest absolute Gasteiger partial charge is 0.240 e. The molecule has 2 fully saturated rings. The van der Waals surface area contributed by atoms with E-state index in [9.17, 15) is 9.59 Å². The van der Waals surface area contributed by atoms with Gasteiger partial charge in [0.05, 0.1) is 12.7 Å². The second-order valence-electron chi connectivity index (χ2n) is 4.68. The fraction of sp³-hybridized carbons (Fsp3) is 0.800. The van der Waals surface area contributed by atoms with Crippen molar-refractivity contribution in [2.24, 2.45) is 11.7 Å². The third-order valence-electron chi connectivity index (χ3n) is 2.98. The van der Waals surface area contributed by atoms with Crippen molar-refractivity contribution in [3.05, 3.63) is 0 Å². The molecule has 16 heavy (non-hydrogen) atoms. The molecule has 0 spiro atoms. The van der Waals surface area contributed by atoms with Gasteiger partial charge in [-0.25, -0.2) is 0 Å². The minimum atomic E-state index is -0.654. The van der Waals surface area contributed by atoms with E-state index in [1.165, 1.54) is 0 Å². The number of amides is 2. The van der Waals surface area contributed by atoms with Gasteiger partial charge in [0.1, 0.15) is 6.04 Å². The van der Waals surface area contributed by atoms with E-state index in [1.807, 2.05) is 0 Å². The summed E-state index contributed by atoms with van der Waals surface area (Å²) < 4.78 is 11.1. The van der Waals surface area contributed by atoms with Crippen LogP contribution in [0.5, 0.6) is 0 Å². The van der Waals surface area contributed by atoms with Gasteiger partial charge in [-0.2, -0.15) is 0 Å². The average molecular weight is 228 g/mol. The molecule has 3 N–H and O–H groups in total. The zero-order valence-corrected chi connectivity index (χ0v) is 9.36. The molecule has 2 rings (SSSR count). The van der Waals surface area contributed by atoms with Gasteiger partial charge in [0.25, 0.3) is 0 Å². The Kier molecular flexibility index (Phi) is 2.63. The lowest BCUT2D eigenvalue weighted by Crippen LogP contribution is -2.45. The summed E-state index contributed by atoms with van der Waals surface area (Å²) in [7, 11) is 0. The molecule has 90 valence electrons. The summed E-state index contributed by atoms with van der Waals surface area (Å²) in [6.07, 6.45) is 0.00370. The lowest BCUT2D eigenvalue weighted by atomic mass is 9.94. The van der Waals surface area contributed by atoms with E-state index in [1.54, 1.807) is 13.8 Å². The molecule has 2 amide bonds. The van der Waals surface area contributed by atoms with Crippen LogP contribution in [0.3, 0.4) is 0 Å². The molecular weight excluding hydrogens is 212 g/mol. The fourth-order valence-corrected chi connectivity index (χ4v) is 2.23. The molecule has 6 heteroatoms. The first kappa shape index (κ1) is 11.3. The van der Waals surface area contributed by atoms with Gasteiger partial charge in [-0.3, -0.25) is 9.59 Å². The monoisotopic (exact) mass is 228 g/mol. The third kappa shape index (κ3) is 2.03. The standard InChI is InChI=1S/C10H16N2O4/c1-10(2)15-4-6(16-10)5-3-7(13)12-8(5)9(11)14/h5-6,8H,3-4H2,1-2H3,(H2,11,14)(H,12,13)/t5-,6-,8-/m1/s1. The Morgan fingerprint density at radius 3 is 2.75 bits per heavy atom. The van der Waals surface area contributed by atoms with Crippen LogP contribution in [0.1, 0.15) is 20.3 Å². The number of hydrogen-bond acceptors (Lipinski definition) is 4. The van der Waals surface area contributed by atoms with E-state index >= 15 is 0 Å².